The van der Waals surface area contributed by atoms with E-state index in [9.17, 15) is 0 Å². The summed E-state index contributed by atoms with van der Waals surface area (Å²) in [5.41, 5.74) is 2.72. The molecule has 2 heterocycles. The lowest BCUT2D eigenvalue weighted by Crippen LogP contribution is -1.90. The minimum atomic E-state index is 0.692. The van der Waals surface area contributed by atoms with Gasteiger partial charge < -0.3 is 4.40 Å². The Bertz CT molecular complexity index is 476. The van der Waals surface area contributed by atoms with E-state index in [4.69, 9.17) is 5.26 Å². The Labute approximate surface area is 76.3 Å². The van der Waals surface area contributed by atoms with Crippen LogP contribution in [0.2, 0.25) is 0 Å². The number of rotatable bonds is 1. The Morgan fingerprint density at radius 3 is 3.15 bits per heavy atom. The van der Waals surface area contributed by atoms with E-state index in [1.807, 2.05) is 16.7 Å². The fraction of sp³-hybridized carbons (Fsp3) is 0.200. The Morgan fingerprint density at radius 1 is 1.62 bits per heavy atom. The van der Waals surface area contributed by atoms with Gasteiger partial charge in [-0.15, -0.1) is 0 Å². The first-order valence-electron chi connectivity index (χ1n) is 4.20. The molecule has 0 bridgehead atoms. The van der Waals surface area contributed by atoms with Crippen LogP contribution >= 0.6 is 0 Å². The maximum atomic E-state index is 8.88. The predicted molar refractivity (Wildman–Crippen MR) is 49.3 cm³/mol. The van der Waals surface area contributed by atoms with Gasteiger partial charge in [0.15, 0.2) is 0 Å². The molecule has 3 heteroatoms. The largest absolute Gasteiger partial charge is 0.305 e. The third kappa shape index (κ3) is 1.17. The zero-order valence-electron chi connectivity index (χ0n) is 7.36. The van der Waals surface area contributed by atoms with Crippen molar-refractivity contribution in [2.45, 2.75) is 13.3 Å². The smallest absolute Gasteiger partial charge is 0.101 e. The van der Waals surface area contributed by atoms with Gasteiger partial charge in [0.2, 0.25) is 0 Å². The second-order valence-electron chi connectivity index (χ2n) is 2.91. The van der Waals surface area contributed by atoms with Gasteiger partial charge >= 0.3 is 0 Å². The fourth-order valence-corrected chi connectivity index (χ4v) is 1.37. The third-order valence-corrected chi connectivity index (χ3v) is 2.11. The Balaban J connectivity index is 2.79. The average molecular weight is 171 g/mol. The number of aryl methyl sites for hydroxylation is 1. The van der Waals surface area contributed by atoms with Crippen LogP contribution in [-0.2, 0) is 6.42 Å². The minimum absolute atomic E-state index is 0.692. The van der Waals surface area contributed by atoms with E-state index in [-0.39, 0.29) is 0 Å². The van der Waals surface area contributed by atoms with Crippen LogP contribution in [0.5, 0.6) is 0 Å². The van der Waals surface area contributed by atoms with Gasteiger partial charge in [0.1, 0.15) is 6.07 Å². The molecule has 0 amide bonds. The maximum Gasteiger partial charge on any atom is 0.101 e. The number of aromatic nitrogens is 2. The van der Waals surface area contributed by atoms with Gasteiger partial charge in [-0.1, -0.05) is 6.92 Å². The topological polar surface area (TPSA) is 41.1 Å². The summed E-state index contributed by atoms with van der Waals surface area (Å²) in [6.07, 6.45) is 6.36. The Kier molecular flexibility index (Phi) is 1.75. The average Bonchev–Trinajstić information content (AvgIpc) is 2.63. The van der Waals surface area contributed by atoms with Gasteiger partial charge in [0.05, 0.1) is 23.6 Å². The molecular formula is C10H9N3. The van der Waals surface area contributed by atoms with Crippen LogP contribution in [0.3, 0.4) is 0 Å². The molecule has 0 N–H and O–H groups in total. The molecule has 0 aromatic carbocycles. The molecule has 0 fully saturated rings. The van der Waals surface area contributed by atoms with Crippen molar-refractivity contribution in [3.8, 4) is 6.07 Å². The normalized spacial score (nSPS) is 10.2. The molecule has 2 rings (SSSR count). The molecule has 0 aliphatic heterocycles. The number of nitrogens with zero attached hydrogens (tertiary/aromatic N) is 3. The molecule has 0 aliphatic rings. The number of pyridine rings is 1. The summed E-state index contributed by atoms with van der Waals surface area (Å²) in [5.74, 6) is 0. The van der Waals surface area contributed by atoms with Crippen molar-refractivity contribution >= 4 is 5.52 Å². The van der Waals surface area contributed by atoms with Gasteiger partial charge in [0, 0.05) is 6.20 Å². The second-order valence-corrected chi connectivity index (χ2v) is 2.91. The summed E-state index contributed by atoms with van der Waals surface area (Å²) >= 11 is 0. The standard InChI is InChI=1S/C10H9N3/c1-2-8-3-9(4-11)10-5-12-7-13(10)6-8/h3,5-7H,2H2,1H3. The number of fused-ring (bicyclic) bond motifs is 1. The van der Waals surface area contributed by atoms with Crippen LogP contribution in [0, 0.1) is 11.3 Å². The number of nitriles is 1. The van der Waals surface area contributed by atoms with Gasteiger partial charge in [-0.25, -0.2) is 4.98 Å². The van der Waals surface area contributed by atoms with Crippen molar-refractivity contribution in [2.24, 2.45) is 0 Å². The molecule has 64 valence electrons. The van der Waals surface area contributed by atoms with E-state index in [2.05, 4.69) is 18.0 Å². The molecule has 0 saturated carbocycles. The van der Waals surface area contributed by atoms with Gasteiger partial charge in [-0.3, -0.25) is 0 Å². The van der Waals surface area contributed by atoms with Crippen LogP contribution in [0.1, 0.15) is 18.1 Å². The van der Waals surface area contributed by atoms with E-state index in [0.717, 1.165) is 17.5 Å². The summed E-state index contributed by atoms with van der Waals surface area (Å²) in [6.45, 7) is 2.07. The van der Waals surface area contributed by atoms with Crippen molar-refractivity contribution in [3.63, 3.8) is 0 Å². The highest BCUT2D eigenvalue weighted by molar-refractivity contribution is 5.60. The van der Waals surface area contributed by atoms with E-state index < -0.39 is 0 Å². The zero-order chi connectivity index (χ0) is 9.26. The van der Waals surface area contributed by atoms with Crippen LogP contribution in [0.15, 0.2) is 24.8 Å². The van der Waals surface area contributed by atoms with Crippen molar-refractivity contribution < 1.29 is 0 Å². The molecule has 0 saturated heterocycles. The number of hydrogen-bond donors (Lipinski definition) is 0. The molecule has 0 radical (unpaired) electrons. The lowest BCUT2D eigenvalue weighted by Gasteiger charge is -2.00. The molecule has 2 aromatic rings. The molecule has 3 nitrogen and oxygen atoms in total. The second kappa shape index (κ2) is 2.91. The molecule has 2 aromatic heterocycles. The maximum absolute atomic E-state index is 8.88. The van der Waals surface area contributed by atoms with Crippen LogP contribution < -0.4 is 0 Å². The summed E-state index contributed by atoms with van der Waals surface area (Å²) in [6, 6.07) is 4.08. The number of hydrogen-bond acceptors (Lipinski definition) is 2. The Hall–Kier alpha value is -1.82. The van der Waals surface area contributed by atoms with Crippen molar-refractivity contribution in [1.29, 1.82) is 5.26 Å². The quantitative estimate of drug-likeness (QED) is 0.656. The summed E-state index contributed by atoms with van der Waals surface area (Å²) < 4.78 is 1.89. The predicted octanol–water partition coefficient (Wildman–Crippen LogP) is 1.77. The Morgan fingerprint density at radius 2 is 2.46 bits per heavy atom. The van der Waals surface area contributed by atoms with Crippen molar-refractivity contribution in [1.82, 2.24) is 9.38 Å². The lowest BCUT2D eigenvalue weighted by atomic mass is 10.1. The number of imidazole rings is 1. The highest BCUT2D eigenvalue weighted by atomic mass is 15.0. The van der Waals surface area contributed by atoms with Crippen LogP contribution in [0.4, 0.5) is 0 Å². The van der Waals surface area contributed by atoms with Gasteiger partial charge in [-0.05, 0) is 18.1 Å². The van der Waals surface area contributed by atoms with Crippen molar-refractivity contribution in [2.75, 3.05) is 0 Å². The van der Waals surface area contributed by atoms with E-state index in [1.54, 1.807) is 12.5 Å². The zero-order valence-corrected chi connectivity index (χ0v) is 7.36. The molecule has 0 aliphatic carbocycles. The summed E-state index contributed by atoms with van der Waals surface area (Å²) in [7, 11) is 0. The van der Waals surface area contributed by atoms with Crippen molar-refractivity contribution in [3.05, 3.63) is 35.9 Å². The van der Waals surface area contributed by atoms with Crippen LogP contribution in [-0.4, -0.2) is 9.38 Å². The monoisotopic (exact) mass is 171 g/mol. The first kappa shape index (κ1) is 7.81. The van der Waals surface area contributed by atoms with Gasteiger partial charge in [0.25, 0.3) is 0 Å². The van der Waals surface area contributed by atoms with E-state index in [0.29, 0.717) is 5.56 Å². The first-order chi connectivity index (χ1) is 6.35. The third-order valence-electron chi connectivity index (χ3n) is 2.11. The SMILES string of the molecule is CCc1cc(C#N)c2cncn2c1. The molecule has 0 atom stereocenters. The lowest BCUT2D eigenvalue weighted by molar-refractivity contribution is 1.06. The molecule has 0 unspecified atom stereocenters. The molecule has 0 spiro atoms. The van der Waals surface area contributed by atoms with Gasteiger partial charge in [-0.2, -0.15) is 5.26 Å². The highest BCUT2D eigenvalue weighted by Crippen LogP contribution is 2.12. The highest BCUT2D eigenvalue weighted by Gasteiger charge is 2.02. The molecular weight excluding hydrogens is 162 g/mol. The van der Waals surface area contributed by atoms with Crippen LogP contribution in [0.25, 0.3) is 5.52 Å². The molecule has 13 heavy (non-hydrogen) atoms. The minimum Gasteiger partial charge on any atom is -0.305 e. The summed E-state index contributed by atoms with van der Waals surface area (Å²) in [5, 5.41) is 8.88. The fourth-order valence-electron chi connectivity index (χ4n) is 1.37. The van der Waals surface area contributed by atoms with E-state index >= 15 is 0 Å². The van der Waals surface area contributed by atoms with E-state index in [1.165, 1.54) is 0 Å². The first-order valence-corrected chi connectivity index (χ1v) is 4.20. The summed E-state index contributed by atoms with van der Waals surface area (Å²) in [4.78, 5) is 4.00.